The minimum Gasteiger partial charge on any atom is -0.265 e. The zero-order chi connectivity index (χ0) is 69.5. The molecule has 0 atom stereocenters. The highest BCUT2D eigenvalue weighted by atomic mass is 15.0. The molecule has 0 aliphatic rings. The Bertz CT molecular complexity index is 1870. The third-order valence-corrected chi connectivity index (χ3v) is 9.97. The number of pyridine rings is 3. The Morgan fingerprint density at radius 1 is 0.213 bits per heavy atom. The summed E-state index contributed by atoms with van der Waals surface area (Å²) in [7, 11) is 0. The molecule has 8 rings (SSSR count). The predicted octanol–water partition coefficient (Wildman–Crippen LogP) is 24.1. The summed E-state index contributed by atoms with van der Waals surface area (Å²) < 4.78 is 0. The molecular weight excluding hydrogens is 1090 g/mol. The van der Waals surface area contributed by atoms with E-state index in [-0.39, 0.29) is 7.43 Å². The largest absolute Gasteiger partial charge is 0.265 e. The van der Waals surface area contributed by atoms with Crippen LogP contribution in [0.1, 0.15) is 322 Å². The molecule has 0 spiro atoms. The summed E-state index contributed by atoms with van der Waals surface area (Å²) in [4.78, 5) is 47.8. The highest BCUT2D eigenvalue weighted by Crippen LogP contribution is 2.14. The Morgan fingerprint density at radius 3 is 0.854 bits per heavy atom. The second-order valence-electron chi connectivity index (χ2n) is 18.8. The molecule has 0 N–H and O–H groups in total. The second-order valence-corrected chi connectivity index (χ2v) is 18.8. The van der Waals surface area contributed by atoms with Crippen molar-refractivity contribution in [1.82, 2.24) is 59.8 Å². The molecule has 7 aromatic heterocycles. The molecule has 0 bridgehead atoms. The lowest BCUT2D eigenvalue weighted by molar-refractivity contribution is 0.759. The third-order valence-electron chi connectivity index (χ3n) is 9.97. The molecule has 12 nitrogen and oxygen atoms in total. The Labute approximate surface area is 551 Å². The molecule has 0 amide bonds. The molecule has 0 aliphatic carbocycles. The number of aromatic nitrogens is 12. The van der Waals surface area contributed by atoms with Crippen LogP contribution in [0.5, 0.6) is 0 Å². The van der Waals surface area contributed by atoms with Crippen LogP contribution >= 0.6 is 0 Å². The molecule has 8 aromatic rings. The number of nitrogens with zero attached hydrogens (tertiary/aromatic N) is 12. The van der Waals surface area contributed by atoms with Gasteiger partial charge in [0.25, 0.3) is 0 Å². The van der Waals surface area contributed by atoms with Crippen LogP contribution in [0.15, 0.2) is 172 Å². The number of rotatable bonds is 8. The van der Waals surface area contributed by atoms with Gasteiger partial charge in [-0.15, -0.1) is 0 Å². The maximum absolute atomic E-state index is 4.18. The van der Waals surface area contributed by atoms with Gasteiger partial charge in [-0.2, -0.15) is 0 Å². The summed E-state index contributed by atoms with van der Waals surface area (Å²) >= 11 is 0. The van der Waals surface area contributed by atoms with Crippen LogP contribution in [0, 0.1) is 0 Å². The van der Waals surface area contributed by atoms with Crippen molar-refractivity contribution in [3.05, 3.63) is 217 Å². The van der Waals surface area contributed by atoms with Gasteiger partial charge in [0.15, 0.2) is 0 Å². The smallest absolute Gasteiger partial charge is 0.134 e. The molecule has 0 unspecified atom stereocenters. The molecule has 12 heteroatoms. The van der Waals surface area contributed by atoms with Gasteiger partial charge in [-0.25, -0.2) is 34.9 Å². The Morgan fingerprint density at radius 2 is 0.584 bits per heavy atom. The summed E-state index contributed by atoms with van der Waals surface area (Å²) in [6.45, 7) is 66.1. The summed E-state index contributed by atoms with van der Waals surface area (Å²) in [6, 6.07) is 28.4. The quantitative estimate of drug-likeness (QED) is 0.142. The number of hydrogen-bond donors (Lipinski definition) is 0. The minimum absolute atomic E-state index is 0. The molecule has 7 heterocycles. The van der Waals surface area contributed by atoms with Gasteiger partial charge in [0.2, 0.25) is 0 Å². The standard InChI is InChI=1S/C9H12.3C8H11N.3C7H10N2.C6H9N3.8C2H6.CH4/c1-8(2)9-6-4-3-5-7-9;1-7(2)8-3-5-9-6-4-8;1-7(2)8-4-3-5-9-6-8;1-7(2)8-5-3-4-6-9-8;1-6(2)7-5-8-3-4-9-7;1-6(2)7-3-4-8-5-9-7;1-6(2)7-8-4-3-5-9-7;1-5(2)6-8-3-7-4-9-6;8*1-2;/h3-8H,1-2H3;3*3-7H,1-2H3;3*3-6H,1-2H3;3-5H,1-2H3;8*1-2H3;1H4. The molecular formula is C77H136N12. The Kier molecular flexibility index (Phi) is 89.5. The van der Waals surface area contributed by atoms with Gasteiger partial charge in [0.1, 0.15) is 30.6 Å². The zero-order valence-corrected chi connectivity index (χ0v) is 62.2. The Hall–Kier alpha value is -7.08. The molecule has 89 heavy (non-hydrogen) atoms. The average Bonchev–Trinajstić information content (AvgIpc) is 3.63. The summed E-state index contributed by atoms with van der Waals surface area (Å²) in [5, 5.41) is 0. The monoisotopic (exact) mass is 1230 g/mol. The molecule has 0 aliphatic heterocycles. The van der Waals surface area contributed by atoms with E-state index in [4.69, 9.17) is 0 Å². The van der Waals surface area contributed by atoms with Crippen LogP contribution in [0.3, 0.4) is 0 Å². The summed E-state index contributed by atoms with van der Waals surface area (Å²) in [5.41, 5.74) is 7.39. The molecule has 0 saturated heterocycles. The van der Waals surface area contributed by atoms with Crippen LogP contribution in [-0.4, -0.2) is 59.8 Å². The van der Waals surface area contributed by atoms with Crippen molar-refractivity contribution in [1.29, 1.82) is 0 Å². The van der Waals surface area contributed by atoms with E-state index < -0.39 is 0 Å². The van der Waals surface area contributed by atoms with Crippen molar-refractivity contribution in [3.8, 4) is 0 Å². The maximum Gasteiger partial charge on any atom is 0.134 e. The molecule has 0 radical (unpaired) electrons. The normalized spacial score (nSPS) is 8.72. The van der Waals surface area contributed by atoms with E-state index in [0.29, 0.717) is 47.3 Å². The van der Waals surface area contributed by atoms with Crippen LogP contribution < -0.4 is 0 Å². The first-order valence-corrected chi connectivity index (χ1v) is 33.1. The predicted molar refractivity (Wildman–Crippen MR) is 395 cm³/mol. The molecule has 0 fully saturated rings. The van der Waals surface area contributed by atoms with Gasteiger partial charge in [-0.05, 0) is 94.7 Å². The van der Waals surface area contributed by atoms with Gasteiger partial charge in [0, 0.05) is 91.4 Å². The van der Waals surface area contributed by atoms with Crippen LogP contribution in [0.25, 0.3) is 0 Å². The van der Waals surface area contributed by atoms with E-state index in [0.717, 1.165) is 28.7 Å². The fourth-order valence-corrected chi connectivity index (χ4v) is 5.43. The molecule has 1 aromatic carbocycles. The Balaban J connectivity index is -0.000000113. The van der Waals surface area contributed by atoms with E-state index >= 15 is 0 Å². The van der Waals surface area contributed by atoms with Crippen molar-refractivity contribution in [3.63, 3.8) is 0 Å². The first kappa shape index (κ1) is 101. The lowest BCUT2D eigenvalue weighted by Gasteiger charge is -2.01. The van der Waals surface area contributed by atoms with Crippen molar-refractivity contribution >= 4 is 0 Å². The van der Waals surface area contributed by atoms with Crippen molar-refractivity contribution < 1.29 is 0 Å². The van der Waals surface area contributed by atoms with E-state index in [9.17, 15) is 0 Å². The first-order valence-electron chi connectivity index (χ1n) is 33.1. The van der Waals surface area contributed by atoms with E-state index in [1.807, 2.05) is 190 Å². The number of benzene rings is 1. The third kappa shape index (κ3) is 63.7. The highest BCUT2D eigenvalue weighted by molar-refractivity contribution is 5.18. The zero-order valence-electron chi connectivity index (χ0n) is 62.2. The van der Waals surface area contributed by atoms with E-state index in [2.05, 4.69) is 201 Å². The maximum atomic E-state index is 4.18. The van der Waals surface area contributed by atoms with Gasteiger partial charge in [-0.1, -0.05) is 271 Å². The molecule has 504 valence electrons. The first-order chi connectivity index (χ1) is 42.4. The topological polar surface area (TPSA) is 155 Å². The van der Waals surface area contributed by atoms with Crippen LogP contribution in [-0.2, 0) is 0 Å². The van der Waals surface area contributed by atoms with Crippen molar-refractivity contribution in [2.24, 2.45) is 0 Å². The highest BCUT2D eigenvalue weighted by Gasteiger charge is 2.01. The molecule has 0 saturated carbocycles. The lowest BCUT2D eigenvalue weighted by atomic mass is 10.0. The second kappa shape index (κ2) is 78.9. The van der Waals surface area contributed by atoms with E-state index in [1.54, 1.807) is 49.7 Å². The fraction of sp³-hybridized carbons (Fsp3) is 0.532. The van der Waals surface area contributed by atoms with E-state index in [1.165, 1.54) is 29.3 Å². The van der Waals surface area contributed by atoms with Gasteiger partial charge in [-0.3, -0.25) is 24.9 Å². The van der Waals surface area contributed by atoms with Crippen LogP contribution in [0.2, 0.25) is 0 Å². The van der Waals surface area contributed by atoms with Crippen LogP contribution in [0.4, 0.5) is 0 Å². The van der Waals surface area contributed by atoms with Gasteiger partial charge < -0.3 is 0 Å². The van der Waals surface area contributed by atoms with Crippen molar-refractivity contribution in [2.45, 2.75) is 276 Å². The lowest BCUT2D eigenvalue weighted by Crippen LogP contribution is -1.95. The SMILES string of the molecule is C.CC.CC.CC.CC.CC.CC.CC.CC.CC(C)c1ccccc1.CC(C)c1ccccn1.CC(C)c1cccnc1.CC(C)c1ccncc1.CC(C)c1ccncn1.CC(C)c1cnccn1.CC(C)c1ncccn1.CC(C)c1ncncn1. The van der Waals surface area contributed by atoms with Gasteiger partial charge in [0.05, 0.1) is 5.69 Å². The summed E-state index contributed by atoms with van der Waals surface area (Å²) in [5.74, 6) is 6.01. The van der Waals surface area contributed by atoms with Gasteiger partial charge >= 0.3 is 0 Å². The minimum atomic E-state index is 0. The average molecular weight is 1230 g/mol. The van der Waals surface area contributed by atoms with Crippen molar-refractivity contribution in [2.75, 3.05) is 0 Å². The summed E-state index contributed by atoms with van der Waals surface area (Å²) in [6.07, 6.45) is 24.3. The number of hydrogen-bond acceptors (Lipinski definition) is 12. The fourth-order valence-electron chi connectivity index (χ4n) is 5.43.